The van der Waals surface area contributed by atoms with Gasteiger partial charge in [0.2, 0.25) is 0 Å². The minimum absolute atomic E-state index is 0.152. The lowest BCUT2D eigenvalue weighted by Gasteiger charge is -2.21. The Kier molecular flexibility index (Phi) is 5.59. The summed E-state index contributed by atoms with van der Waals surface area (Å²) in [5.74, 6) is 1.46. The van der Waals surface area contributed by atoms with Gasteiger partial charge in [-0.3, -0.25) is 9.88 Å². The predicted molar refractivity (Wildman–Crippen MR) is 94.1 cm³/mol. The van der Waals surface area contributed by atoms with E-state index in [1.165, 1.54) is 0 Å². The van der Waals surface area contributed by atoms with Crippen molar-refractivity contribution in [2.45, 2.75) is 32.4 Å². The molecule has 24 heavy (non-hydrogen) atoms. The molecular formula is C18H25N5O. The van der Waals surface area contributed by atoms with Crippen molar-refractivity contribution in [1.82, 2.24) is 19.9 Å². The van der Waals surface area contributed by atoms with Crippen LogP contribution in [0.4, 0.5) is 5.82 Å². The fourth-order valence-electron chi connectivity index (χ4n) is 3.02. The van der Waals surface area contributed by atoms with Gasteiger partial charge in [-0.1, -0.05) is 13.0 Å². The molecule has 6 nitrogen and oxygen atoms in total. The standard InChI is InChI=1S/C18H25N5O/c1-3-11-22(2)17-18(21-10-9-20-17)24-16-7-12-23(14-16)13-15-6-4-5-8-19-15/h4-6,8-10,16H,3,7,11-14H2,1-2H3. The third-order valence-corrected chi connectivity index (χ3v) is 4.19. The average molecular weight is 327 g/mol. The number of likely N-dealkylation sites (tertiary alicyclic amines) is 1. The topological polar surface area (TPSA) is 54.4 Å². The summed E-state index contributed by atoms with van der Waals surface area (Å²) in [5, 5.41) is 0. The number of anilines is 1. The summed E-state index contributed by atoms with van der Waals surface area (Å²) in [7, 11) is 2.03. The average Bonchev–Trinajstić information content (AvgIpc) is 3.03. The van der Waals surface area contributed by atoms with Gasteiger partial charge in [0.15, 0.2) is 5.82 Å². The van der Waals surface area contributed by atoms with Crippen molar-refractivity contribution in [3.8, 4) is 5.88 Å². The first kappa shape index (κ1) is 16.6. The molecule has 0 aliphatic carbocycles. The van der Waals surface area contributed by atoms with Gasteiger partial charge < -0.3 is 9.64 Å². The van der Waals surface area contributed by atoms with Gasteiger partial charge >= 0.3 is 0 Å². The van der Waals surface area contributed by atoms with Crippen LogP contribution in [0.1, 0.15) is 25.5 Å². The Morgan fingerprint density at radius 1 is 1.21 bits per heavy atom. The van der Waals surface area contributed by atoms with Crippen molar-refractivity contribution in [1.29, 1.82) is 0 Å². The molecule has 1 atom stereocenters. The Morgan fingerprint density at radius 2 is 2.08 bits per heavy atom. The van der Waals surface area contributed by atoms with E-state index >= 15 is 0 Å². The van der Waals surface area contributed by atoms with Gasteiger partial charge in [-0.25, -0.2) is 9.97 Å². The van der Waals surface area contributed by atoms with E-state index in [2.05, 4.69) is 37.7 Å². The lowest BCUT2D eigenvalue weighted by atomic mass is 10.3. The number of pyridine rings is 1. The highest BCUT2D eigenvalue weighted by atomic mass is 16.5. The summed E-state index contributed by atoms with van der Waals surface area (Å²) in [4.78, 5) is 17.7. The van der Waals surface area contributed by atoms with E-state index in [0.717, 1.165) is 50.5 Å². The molecule has 1 aliphatic rings. The Balaban J connectivity index is 1.59. The Hall–Kier alpha value is -2.21. The third-order valence-electron chi connectivity index (χ3n) is 4.19. The van der Waals surface area contributed by atoms with E-state index in [-0.39, 0.29) is 6.10 Å². The smallest absolute Gasteiger partial charge is 0.257 e. The lowest BCUT2D eigenvalue weighted by molar-refractivity contribution is 0.190. The third kappa shape index (κ3) is 4.20. The fourth-order valence-corrected chi connectivity index (χ4v) is 3.02. The highest BCUT2D eigenvalue weighted by molar-refractivity contribution is 5.47. The van der Waals surface area contributed by atoms with Gasteiger partial charge in [0.25, 0.3) is 5.88 Å². The molecule has 0 radical (unpaired) electrons. The zero-order valence-corrected chi connectivity index (χ0v) is 14.4. The molecule has 1 fully saturated rings. The van der Waals surface area contributed by atoms with Gasteiger partial charge in [-0.2, -0.15) is 0 Å². The SMILES string of the molecule is CCCN(C)c1nccnc1OC1CCN(Cc2ccccn2)C1. The summed E-state index contributed by atoms with van der Waals surface area (Å²) >= 11 is 0. The molecule has 6 heteroatoms. The second-order valence-electron chi connectivity index (χ2n) is 6.19. The zero-order chi connectivity index (χ0) is 16.8. The van der Waals surface area contributed by atoms with Crippen LogP contribution in [0.5, 0.6) is 5.88 Å². The highest BCUT2D eigenvalue weighted by Crippen LogP contribution is 2.25. The first-order valence-electron chi connectivity index (χ1n) is 8.57. The van der Waals surface area contributed by atoms with Crippen molar-refractivity contribution in [3.63, 3.8) is 0 Å². The molecule has 2 aromatic rings. The van der Waals surface area contributed by atoms with E-state index in [1.54, 1.807) is 12.4 Å². The number of aromatic nitrogens is 3. The van der Waals surface area contributed by atoms with Gasteiger partial charge in [-0.05, 0) is 25.0 Å². The molecule has 3 rings (SSSR count). The second-order valence-corrected chi connectivity index (χ2v) is 6.19. The van der Waals surface area contributed by atoms with Crippen LogP contribution < -0.4 is 9.64 Å². The first-order chi connectivity index (χ1) is 11.8. The summed E-state index contributed by atoms with van der Waals surface area (Å²) in [6.07, 6.45) is 7.47. The molecule has 2 aromatic heterocycles. The van der Waals surface area contributed by atoms with Gasteiger partial charge in [0, 0.05) is 51.8 Å². The van der Waals surface area contributed by atoms with Crippen LogP contribution in [0, 0.1) is 0 Å². The molecule has 0 saturated carbocycles. The van der Waals surface area contributed by atoms with Gasteiger partial charge in [0.1, 0.15) is 6.10 Å². The monoisotopic (exact) mass is 327 g/mol. The lowest BCUT2D eigenvalue weighted by Crippen LogP contribution is -2.26. The predicted octanol–water partition coefficient (Wildman–Crippen LogP) is 2.37. The van der Waals surface area contributed by atoms with Gasteiger partial charge in [0.05, 0.1) is 5.69 Å². The normalized spacial score (nSPS) is 17.8. The zero-order valence-electron chi connectivity index (χ0n) is 14.4. The quantitative estimate of drug-likeness (QED) is 0.778. The van der Waals surface area contributed by atoms with E-state index in [0.29, 0.717) is 5.88 Å². The van der Waals surface area contributed by atoms with Crippen LogP contribution in [-0.2, 0) is 6.54 Å². The molecule has 1 saturated heterocycles. The Morgan fingerprint density at radius 3 is 2.88 bits per heavy atom. The summed E-state index contributed by atoms with van der Waals surface area (Å²) in [5.41, 5.74) is 1.10. The number of rotatable bonds is 7. The molecule has 1 aliphatic heterocycles. The Labute approximate surface area is 143 Å². The van der Waals surface area contributed by atoms with Crippen LogP contribution in [0.15, 0.2) is 36.8 Å². The molecule has 0 bridgehead atoms. The molecular weight excluding hydrogens is 302 g/mol. The van der Waals surface area contributed by atoms with Crippen molar-refractivity contribution >= 4 is 5.82 Å². The second kappa shape index (κ2) is 8.06. The van der Waals surface area contributed by atoms with E-state index in [1.807, 2.05) is 25.4 Å². The fraction of sp³-hybridized carbons (Fsp3) is 0.500. The largest absolute Gasteiger partial charge is 0.470 e. The van der Waals surface area contributed by atoms with E-state index < -0.39 is 0 Å². The minimum atomic E-state index is 0.152. The number of ether oxygens (including phenoxy) is 1. The Bertz CT molecular complexity index is 636. The molecule has 3 heterocycles. The molecule has 0 N–H and O–H groups in total. The number of hydrogen-bond donors (Lipinski definition) is 0. The summed E-state index contributed by atoms with van der Waals surface area (Å²) in [6, 6.07) is 6.04. The van der Waals surface area contributed by atoms with Gasteiger partial charge in [-0.15, -0.1) is 0 Å². The van der Waals surface area contributed by atoms with Crippen LogP contribution >= 0.6 is 0 Å². The van der Waals surface area contributed by atoms with Crippen molar-refractivity contribution in [2.24, 2.45) is 0 Å². The van der Waals surface area contributed by atoms with Crippen LogP contribution in [-0.4, -0.2) is 52.6 Å². The molecule has 0 spiro atoms. The van der Waals surface area contributed by atoms with E-state index in [9.17, 15) is 0 Å². The van der Waals surface area contributed by atoms with Crippen LogP contribution in [0.2, 0.25) is 0 Å². The maximum atomic E-state index is 6.16. The number of nitrogens with zero attached hydrogens (tertiary/aromatic N) is 5. The minimum Gasteiger partial charge on any atom is -0.470 e. The molecule has 128 valence electrons. The van der Waals surface area contributed by atoms with Crippen molar-refractivity contribution in [2.75, 3.05) is 31.6 Å². The summed E-state index contributed by atoms with van der Waals surface area (Å²) < 4.78 is 6.16. The maximum Gasteiger partial charge on any atom is 0.257 e. The highest BCUT2D eigenvalue weighted by Gasteiger charge is 2.26. The molecule has 1 unspecified atom stereocenters. The number of hydrogen-bond acceptors (Lipinski definition) is 6. The van der Waals surface area contributed by atoms with E-state index in [4.69, 9.17) is 4.74 Å². The van der Waals surface area contributed by atoms with Crippen LogP contribution in [0.25, 0.3) is 0 Å². The molecule has 0 amide bonds. The first-order valence-corrected chi connectivity index (χ1v) is 8.57. The van der Waals surface area contributed by atoms with Crippen molar-refractivity contribution < 1.29 is 4.74 Å². The molecule has 0 aromatic carbocycles. The maximum absolute atomic E-state index is 6.16. The van der Waals surface area contributed by atoms with Crippen molar-refractivity contribution in [3.05, 3.63) is 42.5 Å². The van der Waals surface area contributed by atoms with Crippen LogP contribution in [0.3, 0.4) is 0 Å². The summed E-state index contributed by atoms with van der Waals surface area (Å²) in [6.45, 7) is 5.86.